The predicted octanol–water partition coefficient (Wildman–Crippen LogP) is 8.76. The molecule has 0 aliphatic carbocycles. The highest BCUT2D eigenvalue weighted by atomic mass is 31.2. The molecular weight excluding hydrogens is 774 g/mol. The molecule has 0 aromatic rings. The SMILES string of the molecule is COCCCP(N(C(C)C)C(C)C)N(C(C)C)C(C)C.[2H]OCC1OC[C@@H](C)[C@H](F)[C@@H]1O.[2H]OCC1OC[C@@H](C)[C@H](F)[C@@H]1OP(CCCOC)N(C(C)C)C(C)C.[3H]C.[3H]C. The molecule has 0 saturated carbocycles. The Morgan fingerprint density at radius 3 is 1.47 bits per heavy atom. The summed E-state index contributed by atoms with van der Waals surface area (Å²) in [4.78, 5) is 0. The number of aliphatic hydroxyl groups excluding tert-OH is 3. The van der Waals surface area contributed by atoms with Gasteiger partial charge in [-0.1, -0.05) is 28.7 Å². The van der Waals surface area contributed by atoms with Gasteiger partial charge in [0.1, 0.15) is 45.1 Å². The van der Waals surface area contributed by atoms with Gasteiger partial charge in [0.05, 0.1) is 26.4 Å². The first kappa shape index (κ1) is 53.4. The van der Waals surface area contributed by atoms with Crippen LogP contribution in [0, 0.1) is 11.8 Å². The number of hydrogen-bond donors (Lipinski definition) is 3. The number of halogens is 2. The quantitative estimate of drug-likeness (QED) is 0.0676. The highest BCUT2D eigenvalue weighted by Gasteiger charge is 2.42. The van der Waals surface area contributed by atoms with Crippen LogP contribution in [0.5, 0.6) is 0 Å². The summed E-state index contributed by atoms with van der Waals surface area (Å²) in [7, 11) is 4.71. The van der Waals surface area contributed by atoms with Crippen LogP contribution in [0.4, 0.5) is 8.78 Å². The van der Waals surface area contributed by atoms with Crippen molar-refractivity contribution in [3.8, 4) is 0 Å². The van der Waals surface area contributed by atoms with Gasteiger partial charge in [0.2, 0.25) is 2.86 Å². The minimum absolute atomic E-state index is 0.0163. The van der Waals surface area contributed by atoms with Crippen molar-refractivity contribution in [3.05, 3.63) is 0 Å². The van der Waals surface area contributed by atoms with E-state index in [2.05, 4.69) is 107 Å². The second kappa shape index (κ2) is 32.9. The van der Waals surface area contributed by atoms with Gasteiger partial charge in [-0.05, 0) is 102 Å². The van der Waals surface area contributed by atoms with E-state index in [0.717, 1.165) is 25.6 Å². The smallest absolute Gasteiger partial charge is 0.210 e. The molecule has 0 aromatic heterocycles. The van der Waals surface area contributed by atoms with Gasteiger partial charge in [-0.15, -0.1) is 0 Å². The third-order valence-corrected chi connectivity index (χ3v) is 15.8. The largest absolute Gasteiger partial charge is 0.394 e. The van der Waals surface area contributed by atoms with Crippen LogP contribution in [0.15, 0.2) is 0 Å². The molecule has 15 heteroatoms. The highest BCUT2D eigenvalue weighted by Crippen LogP contribution is 2.50. The van der Waals surface area contributed by atoms with Gasteiger partial charge >= 0.3 is 0 Å². The number of ether oxygens (including phenoxy) is 4. The van der Waals surface area contributed by atoms with E-state index in [1.807, 2.05) is 6.92 Å². The maximum absolute atomic E-state index is 14.9. The lowest BCUT2D eigenvalue weighted by atomic mass is 9.95. The second-order valence-corrected chi connectivity index (χ2v) is 20.5. The van der Waals surface area contributed by atoms with Crippen LogP contribution < -0.4 is 0 Å². The van der Waals surface area contributed by atoms with Crippen molar-refractivity contribution >= 4 is 16.5 Å². The average Bonchev–Trinajstić information content (AvgIpc) is 3.19. The normalized spacial score (nSPS) is 26.6. The van der Waals surface area contributed by atoms with E-state index in [1.165, 1.54) is 21.0 Å². The molecule has 9 atom stereocenters. The lowest BCUT2D eigenvalue weighted by molar-refractivity contribution is -0.149. The zero-order chi connectivity index (χ0) is 48.0. The summed E-state index contributed by atoms with van der Waals surface area (Å²) < 4.78 is 88.2. The number of nitrogens with zero attached hydrogens (tertiary/aromatic N) is 3. The Morgan fingerprint density at radius 1 is 0.684 bits per heavy atom. The van der Waals surface area contributed by atoms with Crippen molar-refractivity contribution in [1.29, 1.82) is 2.86 Å². The van der Waals surface area contributed by atoms with E-state index in [1.54, 1.807) is 21.1 Å². The third-order valence-electron chi connectivity index (χ3n) is 9.56. The van der Waals surface area contributed by atoms with Crippen LogP contribution in [0.2, 0.25) is 0 Å². The molecule has 3 unspecified atom stereocenters. The van der Waals surface area contributed by atoms with Gasteiger partial charge in [-0.3, -0.25) is 14.0 Å². The number of rotatable bonds is 23. The number of aliphatic hydroxyl groups is 3. The summed E-state index contributed by atoms with van der Waals surface area (Å²) >= 11 is 0. The number of hydrogen-bond acceptors (Lipinski definition) is 11. The molecule has 3 N–H and O–H groups in total. The summed E-state index contributed by atoms with van der Waals surface area (Å²) in [5.74, 6) is -0.517. The van der Waals surface area contributed by atoms with E-state index in [4.69, 9.17) is 29.1 Å². The second-order valence-electron chi connectivity index (χ2n) is 16.5. The molecule has 2 aliphatic heterocycles. The van der Waals surface area contributed by atoms with Crippen molar-refractivity contribution in [2.75, 3.05) is 66.2 Å². The van der Waals surface area contributed by atoms with Crippen molar-refractivity contribution < 1.29 is 50.3 Å². The van der Waals surface area contributed by atoms with E-state index in [0.29, 0.717) is 49.5 Å². The van der Waals surface area contributed by atoms with Crippen LogP contribution in [0.3, 0.4) is 0 Å². The van der Waals surface area contributed by atoms with Gasteiger partial charge in [-0.2, -0.15) is 0 Å². The van der Waals surface area contributed by atoms with Crippen LogP contribution in [0.1, 0.15) is 127 Å². The van der Waals surface area contributed by atoms with Crippen LogP contribution >= 0.6 is 16.5 Å². The molecule has 2 saturated heterocycles. The Morgan fingerprint density at radius 2 is 1.07 bits per heavy atom. The molecule has 0 bridgehead atoms. The maximum Gasteiger partial charge on any atom is 0.210 e. The lowest BCUT2D eigenvalue weighted by Gasteiger charge is -2.47. The van der Waals surface area contributed by atoms with Crippen LogP contribution in [-0.4, -0.2) is 171 Å². The van der Waals surface area contributed by atoms with Crippen molar-refractivity contribution in [1.82, 2.24) is 14.0 Å². The summed E-state index contributed by atoms with van der Waals surface area (Å²) in [5, 5.41) is 17.8. The lowest BCUT2D eigenvalue weighted by Crippen LogP contribution is -2.50. The topological polar surface area (TPSA) is 117 Å². The summed E-state index contributed by atoms with van der Waals surface area (Å²) in [6.45, 7) is 32.7. The summed E-state index contributed by atoms with van der Waals surface area (Å²) in [6, 6.07) is 2.93. The van der Waals surface area contributed by atoms with E-state index in [-0.39, 0.29) is 39.9 Å². The molecule has 0 spiro atoms. The molecule has 57 heavy (non-hydrogen) atoms. The molecule has 348 valence electrons. The number of alkyl halides is 2. The first-order chi connectivity index (χ1) is 28.7. The third kappa shape index (κ3) is 21.3. The van der Waals surface area contributed by atoms with Gasteiger partial charge in [0, 0.05) is 92.6 Å². The Balaban J connectivity index is -0.000000833. The van der Waals surface area contributed by atoms with E-state index >= 15 is 0 Å². The molecule has 0 amide bonds. The Labute approximate surface area is 358 Å². The first-order valence-electron chi connectivity index (χ1n) is 23.4. The monoisotopic (exact) mass is 874 g/mol. The molecule has 2 heterocycles. The zero-order valence-electron chi connectivity index (χ0n) is 43.5. The molecule has 2 fully saturated rings. The molecule has 11 nitrogen and oxygen atoms in total. The Hall–Kier alpha value is 0.280. The van der Waals surface area contributed by atoms with Gasteiger partial charge < -0.3 is 38.8 Å². The van der Waals surface area contributed by atoms with Crippen LogP contribution in [0.25, 0.3) is 0 Å². The zero-order valence-corrected chi connectivity index (χ0v) is 41.2. The summed E-state index contributed by atoms with van der Waals surface area (Å²) in [6.07, 6.45) is -1.47. The Bertz CT molecular complexity index is 958. The molecule has 0 aromatic carbocycles. The van der Waals surface area contributed by atoms with Crippen molar-refractivity contribution in [2.45, 2.75) is 198 Å². The van der Waals surface area contributed by atoms with Gasteiger partial charge in [0.25, 0.3) is 0 Å². The summed E-state index contributed by atoms with van der Waals surface area (Å²) in [5.41, 5.74) is 0. The van der Waals surface area contributed by atoms with E-state index in [9.17, 15) is 13.9 Å². The minimum Gasteiger partial charge on any atom is -0.394 e. The first-order valence-corrected chi connectivity index (χ1v) is 23.5. The fourth-order valence-electron chi connectivity index (χ4n) is 7.19. The molecule has 0 radical (unpaired) electrons. The highest BCUT2D eigenvalue weighted by molar-refractivity contribution is 7.52. The molecule has 2 aliphatic rings. The van der Waals surface area contributed by atoms with Crippen molar-refractivity contribution in [2.24, 2.45) is 11.8 Å². The predicted molar refractivity (Wildman–Crippen MR) is 239 cm³/mol. The molecular formula is C42H93F2N3O8P2. The molecule has 2 rings (SSSR count). The fourth-order valence-corrected chi connectivity index (χ4v) is 12.8. The number of methoxy groups -OCH3 is 2. The standard InChI is InChI=1S/C17H35FNO4P.C16H37N2OP.C7H13FO3.2CH4/c1-12(2)19(13(3)4)24(9-7-8-21-6)23-17-15(10-20)22-11-14(5)16(17)18;1-13(2)17(14(3)4)20(12-10-11-19-9)18(15(5)6)16(7)8;1-4-3-11-5(2-9)7(10)6(4)8;;/h12-17,20H,7-11H2,1-6H3;13-16H,10-12H2,1-9H3;4-7,9-10H,2-3H2,1H3;2*1H4/t14-,15?,16+,17-,24?;;4-,5?,6+,7-;;/m1.1../s1/i20D;;9D;2*1T. The Kier molecular flexibility index (Phi) is 30.8. The minimum atomic E-state index is -1.28. The van der Waals surface area contributed by atoms with Crippen LogP contribution in [-0.2, 0) is 23.5 Å². The van der Waals surface area contributed by atoms with E-state index < -0.39 is 45.1 Å². The van der Waals surface area contributed by atoms with Gasteiger partial charge in [-0.25, -0.2) is 8.78 Å². The maximum atomic E-state index is 14.9. The average molecular weight is 874 g/mol. The van der Waals surface area contributed by atoms with Gasteiger partial charge in [0.15, 0.2) is 0 Å². The fraction of sp³-hybridized carbons (Fsp3) is 1.00. The van der Waals surface area contributed by atoms with Crippen molar-refractivity contribution in [3.63, 3.8) is 0 Å².